The van der Waals surface area contributed by atoms with Crippen LogP contribution < -0.4 is 19.7 Å². The maximum Gasteiger partial charge on any atom is 0.174 e. The lowest BCUT2D eigenvalue weighted by molar-refractivity contribution is 0.397. The third-order valence-electron chi connectivity index (χ3n) is 4.80. The van der Waals surface area contributed by atoms with Crippen molar-refractivity contribution in [2.75, 3.05) is 19.1 Å². The van der Waals surface area contributed by atoms with E-state index in [9.17, 15) is 0 Å². The van der Waals surface area contributed by atoms with E-state index >= 15 is 0 Å². The highest BCUT2D eigenvalue weighted by atomic mass is 32.1. The van der Waals surface area contributed by atoms with Crippen LogP contribution >= 0.6 is 12.2 Å². The van der Waals surface area contributed by atoms with Gasteiger partial charge in [-0.25, -0.2) is 0 Å². The number of rotatable bonds is 5. The summed E-state index contributed by atoms with van der Waals surface area (Å²) in [6.07, 6.45) is 1.78. The van der Waals surface area contributed by atoms with E-state index in [2.05, 4.69) is 10.3 Å². The largest absolute Gasteiger partial charge is 0.497 e. The van der Waals surface area contributed by atoms with Crippen molar-refractivity contribution in [2.45, 2.75) is 19.0 Å². The molecule has 0 amide bonds. The molecule has 0 bridgehead atoms. The third-order valence-corrected chi connectivity index (χ3v) is 5.11. The average Bonchev–Trinajstić information content (AvgIpc) is 3.30. The van der Waals surface area contributed by atoms with Crippen LogP contribution in [0.2, 0.25) is 0 Å². The molecule has 1 aliphatic rings. The molecule has 0 spiro atoms. The van der Waals surface area contributed by atoms with E-state index in [4.69, 9.17) is 26.1 Å². The number of anilines is 1. The molecule has 1 aliphatic heterocycles. The van der Waals surface area contributed by atoms with E-state index < -0.39 is 0 Å². The van der Waals surface area contributed by atoms with E-state index in [1.165, 1.54) is 0 Å². The van der Waals surface area contributed by atoms with Crippen LogP contribution in [0.5, 0.6) is 11.5 Å². The first kappa shape index (κ1) is 18.3. The fourth-order valence-electron chi connectivity index (χ4n) is 3.50. The number of nitrogens with zero attached hydrogens (tertiary/aromatic N) is 2. The Kier molecular flexibility index (Phi) is 4.92. The Morgan fingerprint density at radius 1 is 1.11 bits per heavy atom. The Hall–Kier alpha value is -3.06. The Morgan fingerprint density at radius 3 is 2.61 bits per heavy atom. The predicted molar refractivity (Wildman–Crippen MR) is 111 cm³/mol. The summed E-state index contributed by atoms with van der Waals surface area (Å²) in [5.41, 5.74) is 1.69. The Balaban J connectivity index is 1.87. The fraction of sp³-hybridized carbons (Fsp3) is 0.238. The molecule has 2 atom stereocenters. The molecule has 1 fully saturated rings. The van der Waals surface area contributed by atoms with Crippen molar-refractivity contribution in [3.8, 4) is 11.5 Å². The van der Waals surface area contributed by atoms with Gasteiger partial charge in [0.1, 0.15) is 29.1 Å². The Morgan fingerprint density at radius 2 is 1.96 bits per heavy atom. The van der Waals surface area contributed by atoms with Gasteiger partial charge in [0.25, 0.3) is 0 Å². The van der Waals surface area contributed by atoms with Crippen LogP contribution in [0.4, 0.5) is 5.69 Å². The standard InChI is InChI=1S/C21H21N3O3S/c1-13-7-9-18(27-13)20-19(15-6-4-5-11-22-15)23-21(28)24(20)16-12-14(25-2)8-10-17(16)26-3/h4-12,19-20H,1-3H3,(H,23,28). The number of hydrogen-bond acceptors (Lipinski definition) is 5. The minimum atomic E-state index is -0.225. The number of thiocarbonyl (C=S) groups is 1. The van der Waals surface area contributed by atoms with Crippen LogP contribution in [0.1, 0.15) is 29.3 Å². The smallest absolute Gasteiger partial charge is 0.174 e. The van der Waals surface area contributed by atoms with Crippen LogP contribution in [-0.4, -0.2) is 24.3 Å². The van der Waals surface area contributed by atoms with E-state index in [0.29, 0.717) is 16.6 Å². The highest BCUT2D eigenvalue weighted by molar-refractivity contribution is 7.80. The topological polar surface area (TPSA) is 59.8 Å². The molecule has 0 radical (unpaired) electrons. The van der Waals surface area contributed by atoms with Crippen LogP contribution in [-0.2, 0) is 0 Å². The van der Waals surface area contributed by atoms with Gasteiger partial charge in [0.05, 0.1) is 31.6 Å². The zero-order chi connectivity index (χ0) is 19.7. The number of hydrogen-bond donors (Lipinski definition) is 1. The first-order chi connectivity index (χ1) is 13.6. The molecule has 6 nitrogen and oxygen atoms in total. The number of furan rings is 1. The summed E-state index contributed by atoms with van der Waals surface area (Å²) >= 11 is 5.72. The molecule has 1 N–H and O–H groups in total. The fourth-order valence-corrected chi connectivity index (χ4v) is 3.84. The zero-order valence-corrected chi connectivity index (χ0v) is 16.7. The summed E-state index contributed by atoms with van der Waals surface area (Å²) < 4.78 is 17.0. The van der Waals surface area contributed by atoms with Gasteiger partial charge in [0.2, 0.25) is 0 Å². The summed E-state index contributed by atoms with van der Waals surface area (Å²) in [7, 11) is 3.27. The van der Waals surface area contributed by atoms with Crippen LogP contribution in [0.15, 0.2) is 59.1 Å². The molecule has 3 aromatic rings. The lowest BCUT2D eigenvalue weighted by Crippen LogP contribution is -2.29. The molecule has 7 heteroatoms. The molecular weight excluding hydrogens is 374 g/mol. The number of methoxy groups -OCH3 is 2. The van der Waals surface area contributed by atoms with E-state index in [1.807, 2.05) is 60.4 Å². The number of benzene rings is 1. The van der Waals surface area contributed by atoms with Crippen molar-refractivity contribution in [3.63, 3.8) is 0 Å². The lowest BCUT2D eigenvalue weighted by Gasteiger charge is -2.27. The van der Waals surface area contributed by atoms with Gasteiger partial charge in [0, 0.05) is 12.3 Å². The number of aromatic nitrogens is 1. The number of ether oxygens (including phenoxy) is 2. The van der Waals surface area contributed by atoms with Crippen LogP contribution in [0.3, 0.4) is 0 Å². The molecular formula is C21H21N3O3S. The van der Waals surface area contributed by atoms with Gasteiger partial charge in [0.15, 0.2) is 5.11 Å². The minimum Gasteiger partial charge on any atom is -0.497 e. The lowest BCUT2D eigenvalue weighted by atomic mass is 10.0. The van der Waals surface area contributed by atoms with Gasteiger partial charge < -0.3 is 24.1 Å². The average molecular weight is 395 g/mol. The van der Waals surface area contributed by atoms with E-state index in [1.54, 1.807) is 20.4 Å². The number of aryl methyl sites for hydroxylation is 1. The summed E-state index contributed by atoms with van der Waals surface area (Å²) in [5.74, 6) is 3.05. The van der Waals surface area contributed by atoms with Crippen molar-refractivity contribution in [2.24, 2.45) is 0 Å². The molecule has 3 heterocycles. The molecule has 0 saturated carbocycles. The summed E-state index contributed by atoms with van der Waals surface area (Å²) in [6.45, 7) is 1.93. The van der Waals surface area contributed by atoms with Crippen LogP contribution in [0, 0.1) is 6.92 Å². The summed E-state index contributed by atoms with van der Waals surface area (Å²) in [5, 5.41) is 3.97. The summed E-state index contributed by atoms with van der Waals surface area (Å²) in [6, 6.07) is 15.0. The quantitative estimate of drug-likeness (QED) is 0.651. The number of pyridine rings is 1. The molecule has 2 unspecified atom stereocenters. The maximum absolute atomic E-state index is 6.01. The van der Waals surface area contributed by atoms with E-state index in [0.717, 1.165) is 22.9 Å². The SMILES string of the molecule is COc1ccc(OC)c(N2C(=S)NC(c3ccccn3)C2c2ccc(C)o2)c1. The second kappa shape index (κ2) is 7.52. The van der Waals surface area contributed by atoms with Gasteiger partial charge in [-0.05, 0) is 55.5 Å². The van der Waals surface area contributed by atoms with Crippen molar-refractivity contribution >= 4 is 23.0 Å². The van der Waals surface area contributed by atoms with Crippen LogP contribution in [0.25, 0.3) is 0 Å². The number of nitrogens with one attached hydrogen (secondary N) is 1. The Bertz CT molecular complexity index is 990. The van der Waals surface area contributed by atoms with Gasteiger partial charge in [-0.2, -0.15) is 0 Å². The monoisotopic (exact) mass is 395 g/mol. The summed E-state index contributed by atoms with van der Waals surface area (Å²) in [4.78, 5) is 6.54. The van der Waals surface area contributed by atoms with Crippen molar-refractivity contribution < 1.29 is 13.9 Å². The minimum absolute atomic E-state index is 0.171. The molecule has 144 valence electrons. The maximum atomic E-state index is 6.01. The molecule has 1 aromatic carbocycles. The second-order valence-corrected chi connectivity index (χ2v) is 6.87. The van der Waals surface area contributed by atoms with Crippen molar-refractivity contribution in [1.82, 2.24) is 10.3 Å². The second-order valence-electron chi connectivity index (χ2n) is 6.48. The zero-order valence-electron chi connectivity index (χ0n) is 15.9. The van der Waals surface area contributed by atoms with Gasteiger partial charge >= 0.3 is 0 Å². The molecule has 4 rings (SSSR count). The molecule has 0 aliphatic carbocycles. The highest BCUT2D eigenvalue weighted by Crippen LogP contribution is 2.45. The van der Waals surface area contributed by atoms with Gasteiger partial charge in [-0.3, -0.25) is 4.98 Å². The van der Waals surface area contributed by atoms with Gasteiger partial charge in [-0.1, -0.05) is 6.07 Å². The normalized spacial score (nSPS) is 18.8. The van der Waals surface area contributed by atoms with E-state index in [-0.39, 0.29) is 12.1 Å². The molecule has 28 heavy (non-hydrogen) atoms. The van der Waals surface area contributed by atoms with Crippen molar-refractivity contribution in [3.05, 3.63) is 71.9 Å². The predicted octanol–water partition coefficient (Wildman–Crippen LogP) is 4.18. The Labute approximate surface area is 169 Å². The highest BCUT2D eigenvalue weighted by Gasteiger charge is 2.43. The molecule has 2 aromatic heterocycles. The molecule has 1 saturated heterocycles. The van der Waals surface area contributed by atoms with Gasteiger partial charge in [-0.15, -0.1) is 0 Å². The third kappa shape index (κ3) is 3.18. The first-order valence-electron chi connectivity index (χ1n) is 8.91. The first-order valence-corrected chi connectivity index (χ1v) is 9.32. The van der Waals surface area contributed by atoms with Crippen molar-refractivity contribution in [1.29, 1.82) is 0 Å².